The lowest BCUT2D eigenvalue weighted by Gasteiger charge is -2.36. The summed E-state index contributed by atoms with van der Waals surface area (Å²) in [5, 5.41) is 3.42. The van der Waals surface area contributed by atoms with Crippen LogP contribution >= 0.6 is 0 Å². The summed E-state index contributed by atoms with van der Waals surface area (Å²) in [4.78, 5) is 2.50. The van der Waals surface area contributed by atoms with Gasteiger partial charge in [-0.3, -0.25) is 0 Å². The monoisotopic (exact) mass is 214 g/mol. The molecule has 0 aromatic heterocycles. The summed E-state index contributed by atoms with van der Waals surface area (Å²) < 4.78 is 0. The number of benzene rings is 1. The van der Waals surface area contributed by atoms with Gasteiger partial charge in [0.1, 0.15) is 0 Å². The number of nitrogens with one attached hydrogen (secondary N) is 1. The maximum Gasteiger partial charge on any atom is 0.0433 e. The molecule has 0 unspecified atom stereocenters. The van der Waals surface area contributed by atoms with Gasteiger partial charge in [0, 0.05) is 18.8 Å². The van der Waals surface area contributed by atoms with Crippen molar-refractivity contribution in [1.29, 1.82) is 0 Å². The first-order valence-corrected chi connectivity index (χ1v) is 6.16. The highest BCUT2D eigenvalue weighted by Gasteiger charge is 2.20. The third-order valence-corrected chi connectivity index (χ3v) is 3.63. The summed E-state index contributed by atoms with van der Waals surface area (Å²) in [6.07, 6.45) is 7.07. The van der Waals surface area contributed by atoms with Crippen molar-refractivity contribution < 1.29 is 0 Å². The van der Waals surface area contributed by atoms with Gasteiger partial charge in [-0.2, -0.15) is 0 Å². The van der Waals surface area contributed by atoms with Crippen LogP contribution in [0.25, 0.3) is 6.08 Å². The van der Waals surface area contributed by atoms with E-state index in [0.717, 1.165) is 25.7 Å². The van der Waals surface area contributed by atoms with Gasteiger partial charge in [-0.15, -0.1) is 0 Å². The fourth-order valence-electron chi connectivity index (χ4n) is 2.66. The molecule has 1 fully saturated rings. The molecule has 0 amide bonds. The molecule has 1 aromatic carbocycles. The summed E-state index contributed by atoms with van der Waals surface area (Å²) in [7, 11) is 0. The van der Waals surface area contributed by atoms with Crippen molar-refractivity contribution in [2.45, 2.75) is 25.4 Å². The maximum absolute atomic E-state index is 3.42. The summed E-state index contributed by atoms with van der Waals surface area (Å²) in [5.41, 5.74) is 2.84. The lowest BCUT2D eigenvalue weighted by molar-refractivity contribution is 0.218. The van der Waals surface area contributed by atoms with Crippen molar-refractivity contribution in [2.75, 3.05) is 13.1 Å². The zero-order valence-electron chi connectivity index (χ0n) is 9.52. The van der Waals surface area contributed by atoms with Gasteiger partial charge in [0.25, 0.3) is 0 Å². The van der Waals surface area contributed by atoms with Crippen molar-refractivity contribution in [3.8, 4) is 0 Å². The van der Waals surface area contributed by atoms with Crippen LogP contribution in [-0.4, -0.2) is 24.0 Å². The largest absolute Gasteiger partial charge is 0.370 e. The van der Waals surface area contributed by atoms with Gasteiger partial charge < -0.3 is 10.2 Å². The molecule has 2 nitrogen and oxygen atoms in total. The Morgan fingerprint density at radius 2 is 1.94 bits per heavy atom. The third-order valence-electron chi connectivity index (χ3n) is 3.63. The van der Waals surface area contributed by atoms with E-state index in [0.29, 0.717) is 0 Å². The lowest BCUT2D eigenvalue weighted by Crippen LogP contribution is -2.40. The molecule has 0 aliphatic carbocycles. The van der Waals surface area contributed by atoms with E-state index < -0.39 is 0 Å². The fourth-order valence-corrected chi connectivity index (χ4v) is 2.66. The van der Waals surface area contributed by atoms with Crippen LogP contribution in [0.5, 0.6) is 0 Å². The molecule has 0 bridgehead atoms. The van der Waals surface area contributed by atoms with E-state index in [1.54, 1.807) is 0 Å². The quantitative estimate of drug-likeness (QED) is 0.771. The average molecular weight is 214 g/mol. The van der Waals surface area contributed by atoms with Crippen LogP contribution in [0.15, 0.2) is 30.5 Å². The Morgan fingerprint density at radius 3 is 2.81 bits per heavy atom. The van der Waals surface area contributed by atoms with Crippen molar-refractivity contribution in [3.05, 3.63) is 41.6 Å². The Kier molecular flexibility index (Phi) is 2.66. The predicted molar refractivity (Wildman–Crippen MR) is 66.9 cm³/mol. The molecular weight excluding hydrogens is 196 g/mol. The van der Waals surface area contributed by atoms with Gasteiger partial charge in [-0.1, -0.05) is 24.3 Å². The maximum atomic E-state index is 3.42. The number of rotatable bonds is 1. The fraction of sp³-hybridized carbons (Fsp3) is 0.429. The molecule has 3 rings (SSSR count). The summed E-state index contributed by atoms with van der Waals surface area (Å²) >= 11 is 0. The molecule has 2 aliphatic rings. The molecule has 1 saturated heterocycles. The average Bonchev–Trinajstić information content (AvgIpc) is 2.39. The molecular formula is C14H18N2. The Bertz CT molecular complexity index is 391. The standard InChI is InChI=1S/C14H18N2/c1-2-4-13-11-16(10-7-12(13)3-1)14-5-8-15-9-6-14/h1-4,7,10,14-15H,5-6,8-9,11H2. The van der Waals surface area contributed by atoms with E-state index in [9.17, 15) is 0 Å². The Balaban J connectivity index is 1.77. The van der Waals surface area contributed by atoms with Gasteiger partial charge in [0.15, 0.2) is 0 Å². The molecule has 0 spiro atoms. The number of nitrogens with zero attached hydrogens (tertiary/aromatic N) is 1. The van der Waals surface area contributed by atoms with E-state index in [1.165, 1.54) is 24.0 Å². The molecule has 2 heterocycles. The number of hydrogen-bond donors (Lipinski definition) is 1. The zero-order valence-corrected chi connectivity index (χ0v) is 9.52. The first-order valence-electron chi connectivity index (χ1n) is 6.16. The second-order valence-electron chi connectivity index (χ2n) is 4.67. The molecule has 2 aliphatic heterocycles. The molecule has 84 valence electrons. The highest BCUT2D eigenvalue weighted by molar-refractivity contribution is 5.55. The third kappa shape index (κ3) is 1.85. The van der Waals surface area contributed by atoms with Crippen LogP contribution in [0.4, 0.5) is 0 Å². The van der Waals surface area contributed by atoms with Crippen molar-refractivity contribution >= 4 is 6.08 Å². The minimum absolute atomic E-state index is 0.728. The van der Waals surface area contributed by atoms with E-state index in [-0.39, 0.29) is 0 Å². The van der Waals surface area contributed by atoms with E-state index >= 15 is 0 Å². The van der Waals surface area contributed by atoms with Crippen LogP contribution in [0, 0.1) is 0 Å². The van der Waals surface area contributed by atoms with E-state index in [1.807, 2.05) is 0 Å². The van der Waals surface area contributed by atoms with Gasteiger partial charge >= 0.3 is 0 Å². The smallest absolute Gasteiger partial charge is 0.0433 e. The minimum Gasteiger partial charge on any atom is -0.370 e. The second kappa shape index (κ2) is 4.30. The molecule has 0 saturated carbocycles. The van der Waals surface area contributed by atoms with Gasteiger partial charge in [0.2, 0.25) is 0 Å². The van der Waals surface area contributed by atoms with Crippen LogP contribution < -0.4 is 5.32 Å². The predicted octanol–water partition coefficient (Wildman–Crippen LogP) is 2.22. The lowest BCUT2D eigenvalue weighted by atomic mass is 9.99. The molecule has 1 aromatic rings. The van der Waals surface area contributed by atoms with Crippen molar-refractivity contribution in [3.63, 3.8) is 0 Å². The van der Waals surface area contributed by atoms with E-state index in [2.05, 4.69) is 46.8 Å². The summed E-state index contributed by atoms with van der Waals surface area (Å²) in [6, 6.07) is 9.42. The topological polar surface area (TPSA) is 15.3 Å². The van der Waals surface area contributed by atoms with Crippen LogP contribution in [0.2, 0.25) is 0 Å². The molecule has 0 radical (unpaired) electrons. The highest BCUT2D eigenvalue weighted by atomic mass is 15.2. The molecule has 16 heavy (non-hydrogen) atoms. The highest BCUT2D eigenvalue weighted by Crippen LogP contribution is 2.23. The first kappa shape index (κ1) is 9.91. The van der Waals surface area contributed by atoms with Gasteiger partial charge in [-0.25, -0.2) is 0 Å². The first-order chi connectivity index (χ1) is 7.93. The van der Waals surface area contributed by atoms with Crippen molar-refractivity contribution in [2.24, 2.45) is 0 Å². The van der Waals surface area contributed by atoms with Gasteiger partial charge in [0.05, 0.1) is 0 Å². The minimum atomic E-state index is 0.728. The summed E-state index contributed by atoms with van der Waals surface area (Å²) in [6.45, 7) is 3.41. The van der Waals surface area contributed by atoms with Crippen LogP contribution in [0.3, 0.4) is 0 Å². The Labute approximate surface area is 97.0 Å². The van der Waals surface area contributed by atoms with Crippen LogP contribution in [0.1, 0.15) is 24.0 Å². The molecule has 2 heteroatoms. The molecule has 1 N–H and O–H groups in total. The summed E-state index contributed by atoms with van der Waals surface area (Å²) in [5.74, 6) is 0. The van der Waals surface area contributed by atoms with Crippen LogP contribution in [-0.2, 0) is 6.54 Å². The van der Waals surface area contributed by atoms with Gasteiger partial charge in [-0.05, 0) is 43.1 Å². The Morgan fingerprint density at radius 1 is 1.12 bits per heavy atom. The number of piperidine rings is 1. The van der Waals surface area contributed by atoms with Crippen molar-refractivity contribution in [1.82, 2.24) is 10.2 Å². The normalized spacial score (nSPS) is 20.9. The zero-order chi connectivity index (χ0) is 10.8. The SMILES string of the molecule is C1=CN(C2CCNCC2)Cc2ccccc21. The Hall–Kier alpha value is -1.28. The second-order valence-corrected chi connectivity index (χ2v) is 4.67. The number of fused-ring (bicyclic) bond motifs is 1. The van der Waals surface area contributed by atoms with E-state index in [4.69, 9.17) is 0 Å². The molecule has 0 atom stereocenters. The number of hydrogen-bond acceptors (Lipinski definition) is 2.